The first kappa shape index (κ1) is 18.5. The minimum atomic E-state index is -0.226. The lowest BCUT2D eigenvalue weighted by molar-refractivity contribution is 0.102. The first-order valence-corrected chi connectivity index (χ1v) is 10.2. The van der Waals surface area contributed by atoms with Crippen LogP contribution >= 0.6 is 23.1 Å². The molecule has 3 rings (SSSR count). The summed E-state index contributed by atoms with van der Waals surface area (Å²) in [5.74, 6) is 0.329. The third kappa shape index (κ3) is 3.92. The molecule has 4 nitrogen and oxygen atoms in total. The second kappa shape index (κ2) is 7.93. The van der Waals surface area contributed by atoms with Gasteiger partial charge in [-0.3, -0.25) is 10.1 Å². The molecule has 0 aliphatic carbocycles. The number of hydrogen-bond donors (Lipinski definition) is 1. The van der Waals surface area contributed by atoms with E-state index in [0.717, 1.165) is 16.2 Å². The molecule has 0 aliphatic heterocycles. The fourth-order valence-electron chi connectivity index (χ4n) is 2.52. The van der Waals surface area contributed by atoms with Gasteiger partial charge in [0, 0.05) is 15.8 Å². The minimum absolute atomic E-state index is 0.226. The van der Waals surface area contributed by atoms with Gasteiger partial charge < -0.3 is 4.74 Å². The van der Waals surface area contributed by atoms with E-state index in [9.17, 15) is 4.79 Å². The highest BCUT2D eigenvalue weighted by Gasteiger charge is 2.15. The highest BCUT2D eigenvalue weighted by molar-refractivity contribution is 7.98. The van der Waals surface area contributed by atoms with Gasteiger partial charge in [-0.2, -0.15) is 0 Å². The molecule has 1 amide bonds. The summed E-state index contributed by atoms with van der Waals surface area (Å²) in [6, 6.07) is 11.8. The zero-order chi connectivity index (χ0) is 18.7. The molecule has 134 valence electrons. The Hall–Kier alpha value is -2.31. The summed E-state index contributed by atoms with van der Waals surface area (Å²) < 4.78 is 5.35. The van der Waals surface area contributed by atoms with E-state index in [1.165, 1.54) is 22.5 Å². The Morgan fingerprint density at radius 1 is 1.15 bits per heavy atom. The van der Waals surface area contributed by atoms with Gasteiger partial charge in [0.25, 0.3) is 5.91 Å². The Kier molecular flexibility index (Phi) is 5.64. The summed E-state index contributed by atoms with van der Waals surface area (Å²) in [7, 11) is 1.57. The summed E-state index contributed by atoms with van der Waals surface area (Å²) in [5.41, 5.74) is 4.87. The standard InChI is InChI=1S/C20H20N2O2S2/c1-12-5-6-14(9-13(12)2)17-11-26-20(21-17)22-19(23)16-8-7-15(25-4)10-18(16)24-3/h5-11H,1-4H3,(H,21,22,23). The molecule has 0 saturated heterocycles. The van der Waals surface area contributed by atoms with E-state index in [-0.39, 0.29) is 5.91 Å². The number of nitrogens with zero attached hydrogens (tertiary/aromatic N) is 1. The van der Waals surface area contributed by atoms with Gasteiger partial charge in [-0.15, -0.1) is 23.1 Å². The number of hydrogen-bond acceptors (Lipinski definition) is 5. The number of anilines is 1. The third-order valence-corrected chi connectivity index (χ3v) is 5.66. The van der Waals surface area contributed by atoms with E-state index in [1.807, 2.05) is 29.8 Å². The highest BCUT2D eigenvalue weighted by Crippen LogP contribution is 2.29. The Morgan fingerprint density at radius 2 is 1.96 bits per heavy atom. The molecule has 0 atom stereocenters. The maximum absolute atomic E-state index is 12.6. The van der Waals surface area contributed by atoms with Crippen molar-refractivity contribution in [3.05, 3.63) is 58.5 Å². The lowest BCUT2D eigenvalue weighted by Crippen LogP contribution is -2.13. The first-order chi connectivity index (χ1) is 12.5. The number of carbonyl (C=O) groups is 1. The maximum Gasteiger partial charge on any atom is 0.261 e. The molecule has 1 N–H and O–H groups in total. The normalized spacial score (nSPS) is 10.6. The summed E-state index contributed by atoms with van der Waals surface area (Å²) in [6.45, 7) is 4.17. The van der Waals surface area contributed by atoms with Crippen molar-refractivity contribution in [3.63, 3.8) is 0 Å². The van der Waals surface area contributed by atoms with Crippen LogP contribution in [0.1, 0.15) is 21.5 Å². The van der Waals surface area contributed by atoms with Gasteiger partial charge in [0.15, 0.2) is 5.13 Å². The van der Waals surface area contributed by atoms with E-state index in [0.29, 0.717) is 16.4 Å². The van der Waals surface area contributed by atoms with Crippen molar-refractivity contribution in [2.75, 3.05) is 18.7 Å². The molecule has 0 spiro atoms. The number of carbonyl (C=O) groups excluding carboxylic acids is 1. The number of benzene rings is 2. The zero-order valence-corrected chi connectivity index (χ0v) is 16.8. The summed E-state index contributed by atoms with van der Waals surface area (Å²) in [4.78, 5) is 18.2. The van der Waals surface area contributed by atoms with Crippen LogP contribution in [0.5, 0.6) is 5.75 Å². The molecule has 0 bridgehead atoms. The topological polar surface area (TPSA) is 51.2 Å². The van der Waals surface area contributed by atoms with Gasteiger partial charge in [-0.05, 0) is 55.5 Å². The van der Waals surface area contributed by atoms with Crippen LogP contribution in [0.4, 0.5) is 5.13 Å². The van der Waals surface area contributed by atoms with Gasteiger partial charge in [0.1, 0.15) is 5.75 Å². The van der Waals surface area contributed by atoms with Crippen LogP contribution in [0.2, 0.25) is 0 Å². The van der Waals surface area contributed by atoms with E-state index in [1.54, 1.807) is 24.9 Å². The number of thioether (sulfide) groups is 1. The lowest BCUT2D eigenvalue weighted by Gasteiger charge is -2.09. The molecule has 0 saturated carbocycles. The average Bonchev–Trinajstić information content (AvgIpc) is 3.11. The molecule has 26 heavy (non-hydrogen) atoms. The minimum Gasteiger partial charge on any atom is -0.496 e. The van der Waals surface area contributed by atoms with Crippen molar-refractivity contribution in [3.8, 4) is 17.0 Å². The van der Waals surface area contributed by atoms with Crippen LogP contribution in [-0.2, 0) is 0 Å². The number of amides is 1. The van der Waals surface area contributed by atoms with Crippen LogP contribution < -0.4 is 10.1 Å². The summed E-state index contributed by atoms with van der Waals surface area (Å²) >= 11 is 3.01. The quantitative estimate of drug-likeness (QED) is 0.598. The number of ether oxygens (including phenoxy) is 1. The Morgan fingerprint density at radius 3 is 2.65 bits per heavy atom. The number of methoxy groups -OCH3 is 1. The summed E-state index contributed by atoms with van der Waals surface area (Å²) in [5, 5.41) is 5.39. The van der Waals surface area contributed by atoms with Gasteiger partial charge in [0.05, 0.1) is 18.4 Å². The highest BCUT2D eigenvalue weighted by atomic mass is 32.2. The van der Waals surface area contributed by atoms with E-state index < -0.39 is 0 Å². The van der Waals surface area contributed by atoms with Crippen molar-refractivity contribution in [1.29, 1.82) is 0 Å². The number of aryl methyl sites for hydroxylation is 2. The van der Waals surface area contributed by atoms with Crippen LogP contribution in [0.3, 0.4) is 0 Å². The molecule has 0 fully saturated rings. The van der Waals surface area contributed by atoms with E-state index in [2.05, 4.69) is 36.3 Å². The molecule has 6 heteroatoms. The fraction of sp³-hybridized carbons (Fsp3) is 0.200. The van der Waals surface area contributed by atoms with Gasteiger partial charge in [-0.1, -0.05) is 12.1 Å². The first-order valence-electron chi connectivity index (χ1n) is 8.08. The largest absolute Gasteiger partial charge is 0.496 e. The lowest BCUT2D eigenvalue weighted by atomic mass is 10.1. The van der Waals surface area contributed by atoms with E-state index in [4.69, 9.17) is 4.74 Å². The number of rotatable bonds is 5. The number of aromatic nitrogens is 1. The number of thiazole rings is 1. The molecular formula is C20H20N2O2S2. The number of nitrogens with one attached hydrogen (secondary N) is 1. The third-order valence-electron chi connectivity index (χ3n) is 4.18. The molecule has 1 heterocycles. The predicted molar refractivity (Wildman–Crippen MR) is 110 cm³/mol. The van der Waals surface area contributed by atoms with Gasteiger partial charge in [-0.25, -0.2) is 4.98 Å². The molecule has 0 aliphatic rings. The monoisotopic (exact) mass is 384 g/mol. The van der Waals surface area contributed by atoms with Crippen molar-refractivity contribution in [2.45, 2.75) is 18.7 Å². The van der Waals surface area contributed by atoms with Crippen molar-refractivity contribution < 1.29 is 9.53 Å². The van der Waals surface area contributed by atoms with Crippen LogP contribution in [0.15, 0.2) is 46.7 Å². The second-order valence-electron chi connectivity index (χ2n) is 5.86. The predicted octanol–water partition coefficient (Wildman–Crippen LogP) is 5.41. The molecule has 3 aromatic rings. The van der Waals surface area contributed by atoms with Crippen molar-refractivity contribution in [2.24, 2.45) is 0 Å². The van der Waals surface area contributed by atoms with Crippen molar-refractivity contribution >= 4 is 34.1 Å². The molecule has 1 aromatic heterocycles. The zero-order valence-electron chi connectivity index (χ0n) is 15.1. The van der Waals surface area contributed by atoms with Gasteiger partial charge in [0.2, 0.25) is 0 Å². The van der Waals surface area contributed by atoms with Gasteiger partial charge >= 0.3 is 0 Å². The van der Waals surface area contributed by atoms with Crippen LogP contribution in [-0.4, -0.2) is 24.3 Å². The smallest absolute Gasteiger partial charge is 0.261 e. The van der Waals surface area contributed by atoms with E-state index >= 15 is 0 Å². The fourth-order valence-corrected chi connectivity index (χ4v) is 3.66. The average molecular weight is 385 g/mol. The molecule has 2 aromatic carbocycles. The maximum atomic E-state index is 12.6. The van der Waals surface area contributed by atoms with Crippen LogP contribution in [0.25, 0.3) is 11.3 Å². The molecule has 0 unspecified atom stereocenters. The van der Waals surface area contributed by atoms with Crippen LogP contribution in [0, 0.1) is 13.8 Å². The molecular weight excluding hydrogens is 364 g/mol. The second-order valence-corrected chi connectivity index (χ2v) is 7.60. The Labute approximate surface area is 161 Å². The SMILES string of the molecule is COc1cc(SC)ccc1C(=O)Nc1nc(-c2ccc(C)c(C)c2)cs1. The Bertz CT molecular complexity index is 951. The molecule has 0 radical (unpaired) electrons. The van der Waals surface area contributed by atoms with Crippen molar-refractivity contribution in [1.82, 2.24) is 4.98 Å². The Balaban J connectivity index is 1.80. The summed E-state index contributed by atoms with van der Waals surface area (Å²) in [6.07, 6.45) is 1.98.